The summed E-state index contributed by atoms with van der Waals surface area (Å²) < 4.78 is 30.7. The fraction of sp³-hybridized carbons (Fsp3) is 0.278. The van der Waals surface area contributed by atoms with Crippen LogP contribution in [0.5, 0.6) is 5.75 Å². The third-order valence-electron chi connectivity index (χ3n) is 3.95. The van der Waals surface area contributed by atoms with Crippen molar-refractivity contribution in [2.24, 2.45) is 0 Å². The van der Waals surface area contributed by atoms with Gasteiger partial charge >= 0.3 is 0 Å². The van der Waals surface area contributed by atoms with Gasteiger partial charge in [0.25, 0.3) is 0 Å². The van der Waals surface area contributed by atoms with E-state index >= 15 is 0 Å². The Hall–Kier alpha value is -2.25. The standard InChI is InChI=1S/C18H19ClN2O4S/c19-14-2-8-17(9-3-14)25-12-10-18(22)20-15-4-6-16(7-5-15)21-11-1-13-26(21,23)24/h2-9H,1,10-13H2,(H,20,22). The molecule has 3 rings (SSSR count). The van der Waals surface area contributed by atoms with E-state index in [2.05, 4.69) is 5.32 Å². The lowest BCUT2D eigenvalue weighted by atomic mass is 10.2. The summed E-state index contributed by atoms with van der Waals surface area (Å²) in [7, 11) is -3.20. The first-order valence-electron chi connectivity index (χ1n) is 8.23. The summed E-state index contributed by atoms with van der Waals surface area (Å²) in [6.45, 7) is 0.744. The van der Waals surface area contributed by atoms with Crippen LogP contribution >= 0.6 is 11.6 Å². The van der Waals surface area contributed by atoms with Crippen molar-refractivity contribution in [2.75, 3.05) is 28.5 Å². The Morgan fingerprint density at radius 3 is 2.42 bits per heavy atom. The minimum atomic E-state index is -3.20. The van der Waals surface area contributed by atoms with Gasteiger partial charge in [-0.05, 0) is 55.0 Å². The van der Waals surface area contributed by atoms with Gasteiger partial charge in [0.2, 0.25) is 15.9 Å². The molecule has 1 fully saturated rings. The Bertz CT molecular complexity index is 867. The van der Waals surface area contributed by atoms with Crippen molar-refractivity contribution in [3.05, 3.63) is 53.6 Å². The second-order valence-electron chi connectivity index (χ2n) is 5.89. The van der Waals surface area contributed by atoms with E-state index in [1.54, 1.807) is 48.5 Å². The first-order valence-corrected chi connectivity index (χ1v) is 10.2. The number of nitrogens with zero attached hydrogens (tertiary/aromatic N) is 1. The van der Waals surface area contributed by atoms with Crippen LogP contribution in [0, 0.1) is 0 Å². The van der Waals surface area contributed by atoms with Crippen LogP contribution in [0.25, 0.3) is 0 Å². The summed E-state index contributed by atoms with van der Waals surface area (Å²) >= 11 is 5.80. The van der Waals surface area contributed by atoms with E-state index in [4.69, 9.17) is 16.3 Å². The molecule has 2 aromatic rings. The Morgan fingerprint density at radius 2 is 1.81 bits per heavy atom. The van der Waals surface area contributed by atoms with Crippen LogP contribution in [-0.4, -0.2) is 33.2 Å². The summed E-state index contributed by atoms with van der Waals surface area (Å²) in [5.74, 6) is 0.651. The number of amides is 1. The molecule has 138 valence electrons. The first-order chi connectivity index (χ1) is 12.4. The highest BCUT2D eigenvalue weighted by Gasteiger charge is 2.28. The average molecular weight is 395 g/mol. The van der Waals surface area contributed by atoms with Crippen molar-refractivity contribution in [2.45, 2.75) is 12.8 Å². The second-order valence-corrected chi connectivity index (χ2v) is 8.34. The first kappa shape index (κ1) is 18.5. The maximum absolute atomic E-state index is 12.0. The molecule has 0 bridgehead atoms. The van der Waals surface area contributed by atoms with Gasteiger partial charge in [-0.1, -0.05) is 11.6 Å². The maximum Gasteiger partial charge on any atom is 0.235 e. The van der Waals surface area contributed by atoms with Crippen molar-refractivity contribution in [3.8, 4) is 5.75 Å². The van der Waals surface area contributed by atoms with Crippen LogP contribution in [0.3, 0.4) is 0 Å². The highest BCUT2D eigenvalue weighted by Crippen LogP contribution is 2.25. The number of hydrogen-bond donors (Lipinski definition) is 1. The van der Waals surface area contributed by atoms with Gasteiger partial charge in [0.1, 0.15) is 5.75 Å². The maximum atomic E-state index is 12.0. The van der Waals surface area contributed by atoms with Crippen LogP contribution < -0.4 is 14.4 Å². The van der Waals surface area contributed by atoms with E-state index in [1.165, 1.54) is 4.31 Å². The number of benzene rings is 2. The molecule has 1 aliphatic heterocycles. The van der Waals surface area contributed by atoms with Gasteiger partial charge in [-0.3, -0.25) is 9.10 Å². The molecule has 0 aromatic heterocycles. The van der Waals surface area contributed by atoms with Gasteiger partial charge in [0.15, 0.2) is 0 Å². The van der Waals surface area contributed by atoms with Crippen LogP contribution in [-0.2, 0) is 14.8 Å². The zero-order chi connectivity index (χ0) is 18.6. The quantitative estimate of drug-likeness (QED) is 0.815. The number of ether oxygens (including phenoxy) is 1. The summed E-state index contributed by atoms with van der Waals surface area (Å²) in [6.07, 6.45) is 0.833. The molecule has 0 unspecified atom stereocenters. The molecule has 2 aromatic carbocycles. The van der Waals surface area contributed by atoms with Gasteiger partial charge in [-0.25, -0.2) is 8.42 Å². The predicted octanol–water partition coefficient (Wildman–Crippen LogP) is 3.29. The van der Waals surface area contributed by atoms with E-state index < -0.39 is 10.0 Å². The Morgan fingerprint density at radius 1 is 1.12 bits per heavy atom. The number of carbonyl (C=O) groups excluding carboxylic acids is 1. The summed E-state index contributed by atoms with van der Waals surface area (Å²) in [5, 5.41) is 3.39. The van der Waals surface area contributed by atoms with Gasteiger partial charge in [0.05, 0.1) is 24.5 Å². The fourth-order valence-electron chi connectivity index (χ4n) is 2.66. The molecule has 8 heteroatoms. The van der Waals surface area contributed by atoms with Gasteiger partial charge in [-0.15, -0.1) is 0 Å². The van der Waals surface area contributed by atoms with Gasteiger partial charge in [0, 0.05) is 17.3 Å². The summed E-state index contributed by atoms with van der Waals surface area (Å²) in [4.78, 5) is 12.0. The number of carbonyl (C=O) groups is 1. The highest BCUT2D eigenvalue weighted by molar-refractivity contribution is 7.93. The number of sulfonamides is 1. The molecule has 1 amide bonds. The monoisotopic (exact) mass is 394 g/mol. The van der Waals surface area contributed by atoms with Crippen LogP contribution in [0.2, 0.25) is 5.02 Å². The van der Waals surface area contributed by atoms with Crippen molar-refractivity contribution in [1.29, 1.82) is 0 Å². The lowest BCUT2D eigenvalue weighted by Gasteiger charge is -2.17. The van der Waals surface area contributed by atoms with Crippen molar-refractivity contribution < 1.29 is 17.9 Å². The van der Waals surface area contributed by atoms with Crippen LogP contribution in [0.15, 0.2) is 48.5 Å². The number of halogens is 1. The number of rotatable bonds is 6. The molecular weight excluding hydrogens is 376 g/mol. The summed E-state index contributed by atoms with van der Waals surface area (Å²) in [5.41, 5.74) is 1.23. The molecular formula is C18H19ClN2O4S. The average Bonchev–Trinajstić information content (AvgIpc) is 2.97. The van der Waals surface area contributed by atoms with Crippen LogP contribution in [0.4, 0.5) is 11.4 Å². The van der Waals surface area contributed by atoms with Gasteiger partial charge in [-0.2, -0.15) is 0 Å². The molecule has 0 saturated carbocycles. The molecule has 0 atom stereocenters. The molecule has 6 nitrogen and oxygen atoms in total. The molecule has 26 heavy (non-hydrogen) atoms. The normalized spacial score (nSPS) is 15.7. The highest BCUT2D eigenvalue weighted by atomic mass is 35.5. The topological polar surface area (TPSA) is 75.7 Å². The Balaban J connectivity index is 1.49. The number of nitrogens with one attached hydrogen (secondary N) is 1. The molecule has 0 radical (unpaired) electrons. The minimum Gasteiger partial charge on any atom is -0.493 e. The van der Waals surface area contributed by atoms with Crippen molar-refractivity contribution in [1.82, 2.24) is 0 Å². The Kier molecular flexibility index (Phi) is 5.68. The third-order valence-corrected chi connectivity index (χ3v) is 6.07. The van der Waals surface area contributed by atoms with E-state index in [0.29, 0.717) is 35.1 Å². The zero-order valence-corrected chi connectivity index (χ0v) is 15.6. The SMILES string of the molecule is O=C(CCOc1ccc(Cl)cc1)Nc1ccc(N2CCCS2(=O)=O)cc1. The predicted molar refractivity (Wildman–Crippen MR) is 102 cm³/mol. The molecule has 1 saturated heterocycles. The number of anilines is 2. The molecule has 0 spiro atoms. The van der Waals surface area contributed by atoms with E-state index in [-0.39, 0.29) is 24.7 Å². The largest absolute Gasteiger partial charge is 0.493 e. The van der Waals surface area contributed by atoms with Crippen molar-refractivity contribution >= 4 is 38.9 Å². The van der Waals surface area contributed by atoms with E-state index in [9.17, 15) is 13.2 Å². The lowest BCUT2D eigenvalue weighted by Crippen LogP contribution is -2.25. The van der Waals surface area contributed by atoms with Gasteiger partial charge < -0.3 is 10.1 Å². The lowest BCUT2D eigenvalue weighted by molar-refractivity contribution is -0.116. The number of hydrogen-bond acceptors (Lipinski definition) is 4. The minimum absolute atomic E-state index is 0.180. The molecule has 1 N–H and O–H groups in total. The van der Waals surface area contributed by atoms with E-state index in [1.807, 2.05) is 0 Å². The van der Waals surface area contributed by atoms with Crippen LogP contribution in [0.1, 0.15) is 12.8 Å². The fourth-order valence-corrected chi connectivity index (χ4v) is 4.35. The third kappa shape index (κ3) is 4.68. The zero-order valence-electron chi connectivity index (χ0n) is 14.0. The summed E-state index contributed by atoms with van der Waals surface area (Å²) in [6, 6.07) is 13.7. The Labute approximate surface area is 157 Å². The molecule has 1 aliphatic rings. The molecule has 1 heterocycles. The smallest absolute Gasteiger partial charge is 0.235 e. The van der Waals surface area contributed by atoms with Crippen molar-refractivity contribution in [3.63, 3.8) is 0 Å². The molecule has 0 aliphatic carbocycles. The van der Waals surface area contributed by atoms with E-state index in [0.717, 1.165) is 0 Å². The second kappa shape index (κ2) is 7.97.